The normalized spacial score (nSPS) is 10.8. The largest absolute Gasteiger partial charge is 0.465 e. The number of benzene rings is 2. The lowest BCUT2D eigenvalue weighted by atomic mass is 9.99. The van der Waals surface area contributed by atoms with E-state index in [2.05, 4.69) is 36.3 Å². The zero-order chi connectivity index (χ0) is 17.1. The van der Waals surface area contributed by atoms with E-state index in [0.717, 1.165) is 22.3 Å². The van der Waals surface area contributed by atoms with Crippen LogP contribution >= 0.6 is 0 Å². The molecule has 4 nitrogen and oxygen atoms in total. The van der Waals surface area contributed by atoms with Crippen LogP contribution in [0.2, 0.25) is 0 Å². The van der Waals surface area contributed by atoms with Crippen LogP contribution in [-0.2, 0) is 4.74 Å². The number of anilines is 2. The number of fused-ring (bicyclic) bond motifs is 1. The van der Waals surface area contributed by atoms with Crippen molar-refractivity contribution in [1.29, 1.82) is 0 Å². The Bertz CT molecular complexity index is 873. The highest BCUT2D eigenvalue weighted by atomic mass is 16.5. The molecule has 0 aliphatic rings. The summed E-state index contributed by atoms with van der Waals surface area (Å²) >= 11 is 0. The molecule has 0 spiro atoms. The first kappa shape index (κ1) is 16.0. The van der Waals surface area contributed by atoms with Crippen LogP contribution in [0.4, 0.5) is 11.4 Å². The van der Waals surface area contributed by atoms with Crippen LogP contribution in [0.15, 0.2) is 54.7 Å². The Kier molecular flexibility index (Phi) is 4.47. The fraction of sp³-hybridized carbons (Fsp3) is 0.200. The maximum Gasteiger partial charge on any atom is 0.341 e. The molecule has 3 aromatic rings. The molecule has 24 heavy (non-hydrogen) atoms. The van der Waals surface area contributed by atoms with E-state index in [9.17, 15) is 4.79 Å². The molecule has 0 radical (unpaired) electrons. The molecule has 4 heteroatoms. The third kappa shape index (κ3) is 3.08. The molecule has 1 heterocycles. The van der Waals surface area contributed by atoms with Crippen LogP contribution in [0.3, 0.4) is 0 Å². The number of nitrogens with zero attached hydrogens (tertiary/aromatic N) is 1. The van der Waals surface area contributed by atoms with Gasteiger partial charge in [-0.3, -0.25) is 4.98 Å². The summed E-state index contributed by atoms with van der Waals surface area (Å²) in [6, 6.07) is 15.9. The molecule has 122 valence electrons. The molecule has 0 unspecified atom stereocenters. The fourth-order valence-corrected chi connectivity index (χ4v) is 2.63. The second kappa shape index (κ2) is 6.71. The predicted octanol–water partition coefficient (Wildman–Crippen LogP) is 4.89. The minimum absolute atomic E-state index is 0.390. The van der Waals surface area contributed by atoms with Crippen LogP contribution < -0.4 is 5.32 Å². The number of methoxy groups -OCH3 is 1. The average Bonchev–Trinajstić information content (AvgIpc) is 2.61. The Balaban J connectivity index is 2.22. The summed E-state index contributed by atoms with van der Waals surface area (Å²) < 4.78 is 4.92. The Morgan fingerprint density at radius 1 is 1.12 bits per heavy atom. The van der Waals surface area contributed by atoms with Gasteiger partial charge in [0.2, 0.25) is 0 Å². The molecule has 0 aliphatic carbocycles. The summed E-state index contributed by atoms with van der Waals surface area (Å²) in [5.41, 5.74) is 4.09. The third-order valence-corrected chi connectivity index (χ3v) is 4.01. The van der Waals surface area contributed by atoms with Crippen molar-refractivity contribution in [2.24, 2.45) is 0 Å². The van der Waals surface area contributed by atoms with Gasteiger partial charge in [0, 0.05) is 17.3 Å². The van der Waals surface area contributed by atoms with Crippen molar-refractivity contribution >= 4 is 28.2 Å². The minimum Gasteiger partial charge on any atom is -0.465 e. The van der Waals surface area contributed by atoms with E-state index in [-0.39, 0.29) is 0 Å². The van der Waals surface area contributed by atoms with Gasteiger partial charge in [0.1, 0.15) is 5.56 Å². The summed E-state index contributed by atoms with van der Waals surface area (Å²) in [7, 11) is 1.38. The average molecular weight is 320 g/mol. The van der Waals surface area contributed by atoms with Crippen LogP contribution in [0.1, 0.15) is 35.7 Å². The molecule has 3 rings (SSSR count). The molecule has 0 atom stereocenters. The number of hydrogen-bond acceptors (Lipinski definition) is 4. The molecule has 1 N–H and O–H groups in total. The highest BCUT2D eigenvalue weighted by Crippen LogP contribution is 2.31. The zero-order valence-electron chi connectivity index (χ0n) is 14.0. The second-order valence-electron chi connectivity index (χ2n) is 5.96. The number of ether oxygens (including phenoxy) is 1. The highest BCUT2D eigenvalue weighted by Gasteiger charge is 2.17. The lowest BCUT2D eigenvalue weighted by Crippen LogP contribution is -2.07. The van der Waals surface area contributed by atoms with Gasteiger partial charge in [0.15, 0.2) is 0 Å². The molecule has 1 aromatic heterocycles. The van der Waals surface area contributed by atoms with E-state index in [1.54, 1.807) is 6.20 Å². The number of esters is 1. The van der Waals surface area contributed by atoms with Gasteiger partial charge in [-0.1, -0.05) is 38.1 Å². The van der Waals surface area contributed by atoms with Gasteiger partial charge in [0.05, 0.1) is 18.3 Å². The molecule has 0 fully saturated rings. The van der Waals surface area contributed by atoms with E-state index in [1.165, 1.54) is 12.7 Å². The number of aromatic nitrogens is 1. The van der Waals surface area contributed by atoms with Crippen molar-refractivity contribution in [1.82, 2.24) is 4.98 Å². The zero-order valence-corrected chi connectivity index (χ0v) is 14.0. The van der Waals surface area contributed by atoms with E-state index < -0.39 is 5.97 Å². The predicted molar refractivity (Wildman–Crippen MR) is 96.9 cm³/mol. The first-order valence-corrected chi connectivity index (χ1v) is 7.93. The van der Waals surface area contributed by atoms with Gasteiger partial charge < -0.3 is 10.1 Å². The van der Waals surface area contributed by atoms with E-state index in [4.69, 9.17) is 4.74 Å². The third-order valence-electron chi connectivity index (χ3n) is 4.01. The van der Waals surface area contributed by atoms with Crippen molar-refractivity contribution in [2.75, 3.05) is 12.4 Å². The number of hydrogen-bond donors (Lipinski definition) is 1. The lowest BCUT2D eigenvalue weighted by molar-refractivity contribution is 0.0601. The van der Waals surface area contributed by atoms with Crippen molar-refractivity contribution in [2.45, 2.75) is 19.8 Å². The lowest BCUT2D eigenvalue weighted by Gasteiger charge is -2.15. The molecule has 0 bridgehead atoms. The van der Waals surface area contributed by atoms with Crippen LogP contribution in [-0.4, -0.2) is 18.1 Å². The minimum atomic E-state index is -0.405. The monoisotopic (exact) mass is 320 g/mol. The van der Waals surface area contributed by atoms with Crippen LogP contribution in [0.25, 0.3) is 10.9 Å². The summed E-state index contributed by atoms with van der Waals surface area (Å²) in [6.45, 7) is 4.28. The maximum atomic E-state index is 12.2. The SMILES string of the molecule is COC(=O)c1cnc2ccc(C(C)C)cc2c1Nc1ccccc1. The number of nitrogens with one attached hydrogen (secondary N) is 1. The Hall–Kier alpha value is -2.88. The fourth-order valence-electron chi connectivity index (χ4n) is 2.63. The first-order chi connectivity index (χ1) is 11.6. The maximum absolute atomic E-state index is 12.2. The number of carbonyl (C=O) groups excluding carboxylic acids is 1. The topological polar surface area (TPSA) is 51.2 Å². The first-order valence-electron chi connectivity index (χ1n) is 7.93. The molecule has 0 aliphatic heterocycles. The number of carbonyl (C=O) groups is 1. The van der Waals surface area contributed by atoms with Crippen LogP contribution in [0, 0.1) is 0 Å². The second-order valence-corrected chi connectivity index (χ2v) is 5.96. The molecule has 0 saturated carbocycles. The smallest absolute Gasteiger partial charge is 0.341 e. The Morgan fingerprint density at radius 2 is 1.88 bits per heavy atom. The Morgan fingerprint density at radius 3 is 2.54 bits per heavy atom. The van der Waals surface area contributed by atoms with Crippen molar-refractivity contribution < 1.29 is 9.53 Å². The number of para-hydroxylation sites is 1. The Labute approximate surface area is 141 Å². The van der Waals surface area contributed by atoms with Crippen molar-refractivity contribution in [3.8, 4) is 0 Å². The molecule has 0 saturated heterocycles. The summed E-state index contributed by atoms with van der Waals surface area (Å²) in [4.78, 5) is 16.6. The van der Waals surface area contributed by atoms with Gasteiger partial charge in [-0.05, 0) is 35.7 Å². The quantitative estimate of drug-likeness (QED) is 0.695. The van der Waals surface area contributed by atoms with E-state index >= 15 is 0 Å². The van der Waals surface area contributed by atoms with Gasteiger partial charge in [-0.2, -0.15) is 0 Å². The number of rotatable bonds is 4. The summed E-state index contributed by atoms with van der Waals surface area (Å²) in [5, 5.41) is 4.27. The molecular weight excluding hydrogens is 300 g/mol. The van der Waals surface area contributed by atoms with Crippen molar-refractivity contribution in [3.05, 3.63) is 65.9 Å². The van der Waals surface area contributed by atoms with Crippen molar-refractivity contribution in [3.63, 3.8) is 0 Å². The van der Waals surface area contributed by atoms with Gasteiger partial charge in [0.25, 0.3) is 0 Å². The highest BCUT2D eigenvalue weighted by molar-refractivity contribution is 6.06. The molecule has 2 aromatic carbocycles. The summed E-state index contributed by atoms with van der Waals surface area (Å²) in [5.74, 6) is -0.0152. The standard InChI is InChI=1S/C20H20N2O2/c1-13(2)14-9-10-18-16(11-14)19(17(12-21-18)20(23)24-3)22-15-7-5-4-6-8-15/h4-13H,1-3H3,(H,21,22). The molecular formula is C20H20N2O2. The van der Waals surface area contributed by atoms with E-state index in [0.29, 0.717) is 11.5 Å². The van der Waals surface area contributed by atoms with Gasteiger partial charge in [-0.25, -0.2) is 4.79 Å². The molecule has 0 amide bonds. The summed E-state index contributed by atoms with van der Waals surface area (Å²) in [6.07, 6.45) is 1.56. The van der Waals surface area contributed by atoms with Gasteiger partial charge >= 0.3 is 5.97 Å². The number of pyridine rings is 1. The van der Waals surface area contributed by atoms with Gasteiger partial charge in [-0.15, -0.1) is 0 Å². The van der Waals surface area contributed by atoms with Crippen LogP contribution in [0.5, 0.6) is 0 Å². The van der Waals surface area contributed by atoms with E-state index in [1.807, 2.05) is 36.4 Å².